The summed E-state index contributed by atoms with van der Waals surface area (Å²) in [5, 5.41) is 5.99. The second-order valence-corrected chi connectivity index (χ2v) is 7.50. The van der Waals surface area contributed by atoms with Crippen molar-refractivity contribution in [1.29, 1.82) is 0 Å². The summed E-state index contributed by atoms with van der Waals surface area (Å²) in [5.74, 6) is -0.928. The monoisotopic (exact) mass is 429 g/mol. The molecule has 148 valence electrons. The van der Waals surface area contributed by atoms with Crippen LogP contribution in [0.4, 0.5) is 18.9 Å². The van der Waals surface area contributed by atoms with Gasteiger partial charge in [0.1, 0.15) is 4.49 Å². The predicted octanol–water partition coefficient (Wildman–Crippen LogP) is 5.72. The van der Waals surface area contributed by atoms with Crippen LogP contribution >= 0.6 is 23.2 Å². The Balaban J connectivity index is 1.98. The normalized spacial score (nSPS) is 16.4. The third-order valence-corrected chi connectivity index (χ3v) is 4.83. The largest absolute Gasteiger partial charge is 0.435 e. The maximum Gasteiger partial charge on any atom is 0.435 e. The number of rotatable bonds is 3. The first-order chi connectivity index (χ1) is 13.1. The SMILES string of the molecule is Cc1cccc(NC(=O)c2cn(C)nc2C(F)(F)F)c1C1CCC1=C=C(Cl)Cl. The number of nitrogens with zero attached hydrogens (tertiary/aromatic N) is 2. The molecule has 0 spiro atoms. The molecule has 28 heavy (non-hydrogen) atoms. The molecular formula is C19H16Cl2F3N3O. The molecular weight excluding hydrogens is 414 g/mol. The lowest BCUT2D eigenvalue weighted by atomic mass is 9.73. The zero-order valence-corrected chi connectivity index (χ0v) is 16.5. The van der Waals surface area contributed by atoms with E-state index in [0.29, 0.717) is 5.69 Å². The summed E-state index contributed by atoms with van der Waals surface area (Å²) in [6.45, 7) is 1.87. The molecule has 1 aliphatic rings. The van der Waals surface area contributed by atoms with Gasteiger partial charge in [0.15, 0.2) is 5.69 Å². The van der Waals surface area contributed by atoms with Crippen molar-refractivity contribution >= 4 is 34.8 Å². The van der Waals surface area contributed by atoms with Gasteiger partial charge in [-0.15, -0.1) is 0 Å². The highest BCUT2D eigenvalue weighted by Gasteiger charge is 2.39. The maximum absolute atomic E-state index is 13.2. The van der Waals surface area contributed by atoms with E-state index in [1.807, 2.05) is 13.0 Å². The van der Waals surface area contributed by atoms with E-state index < -0.39 is 23.3 Å². The number of hydrogen-bond donors (Lipinski definition) is 1. The first-order valence-electron chi connectivity index (χ1n) is 8.40. The minimum atomic E-state index is -4.73. The molecule has 2 aromatic rings. The summed E-state index contributed by atoms with van der Waals surface area (Å²) in [5.41, 5.74) is 4.18. The summed E-state index contributed by atoms with van der Waals surface area (Å²) in [6, 6.07) is 5.26. The second kappa shape index (κ2) is 7.66. The standard InChI is InChI=1S/C19H16Cl2F3N3O/c1-10-4-3-5-14(16(10)12-7-6-11(12)8-15(20)21)25-18(28)13-9-27(2)26-17(13)19(22,23)24/h3-5,9,12H,6-7H2,1-2H3,(H,25,28). The van der Waals surface area contributed by atoms with Gasteiger partial charge in [-0.1, -0.05) is 41.1 Å². The molecule has 3 rings (SSSR count). The first-order valence-corrected chi connectivity index (χ1v) is 9.16. The van der Waals surface area contributed by atoms with Gasteiger partial charge in [-0.2, -0.15) is 18.3 Å². The summed E-state index contributed by atoms with van der Waals surface area (Å²) in [7, 11) is 1.33. The van der Waals surface area contributed by atoms with Crippen LogP contribution in [0.25, 0.3) is 0 Å². The van der Waals surface area contributed by atoms with Crippen molar-refractivity contribution < 1.29 is 18.0 Å². The zero-order valence-electron chi connectivity index (χ0n) is 15.0. The summed E-state index contributed by atoms with van der Waals surface area (Å²) >= 11 is 11.4. The second-order valence-electron chi connectivity index (χ2n) is 6.55. The number of nitrogens with one attached hydrogen (secondary N) is 1. The van der Waals surface area contributed by atoms with Gasteiger partial charge in [-0.3, -0.25) is 9.48 Å². The summed E-state index contributed by atoms with van der Waals surface area (Å²) in [6.07, 6.45) is -2.11. The number of amides is 1. The highest BCUT2D eigenvalue weighted by atomic mass is 35.5. The number of hydrogen-bond acceptors (Lipinski definition) is 2. The highest BCUT2D eigenvalue weighted by molar-refractivity contribution is 6.55. The lowest BCUT2D eigenvalue weighted by Gasteiger charge is -2.31. The number of carbonyl (C=O) groups excluding carboxylic acids is 1. The van der Waals surface area contributed by atoms with Crippen LogP contribution in [0.2, 0.25) is 0 Å². The molecule has 4 nitrogen and oxygen atoms in total. The van der Waals surface area contributed by atoms with Crippen LogP contribution in [-0.4, -0.2) is 15.7 Å². The van der Waals surface area contributed by atoms with Gasteiger partial charge in [0.05, 0.1) is 5.56 Å². The summed E-state index contributed by atoms with van der Waals surface area (Å²) in [4.78, 5) is 12.6. The number of alkyl halides is 3. The molecule has 1 aliphatic carbocycles. The van der Waals surface area contributed by atoms with Gasteiger partial charge in [0, 0.05) is 24.8 Å². The van der Waals surface area contributed by atoms with Crippen LogP contribution in [0.3, 0.4) is 0 Å². The molecule has 0 radical (unpaired) electrons. The Kier molecular flexibility index (Phi) is 5.62. The predicted molar refractivity (Wildman–Crippen MR) is 102 cm³/mol. The van der Waals surface area contributed by atoms with Crippen LogP contribution in [0.15, 0.2) is 40.2 Å². The fourth-order valence-electron chi connectivity index (χ4n) is 3.33. The molecule has 1 unspecified atom stereocenters. The average molecular weight is 430 g/mol. The van der Waals surface area contributed by atoms with Crippen LogP contribution in [0.1, 0.15) is 45.9 Å². The van der Waals surface area contributed by atoms with E-state index >= 15 is 0 Å². The molecule has 0 saturated heterocycles. The Labute approximate surface area is 169 Å². The fraction of sp³-hybridized carbons (Fsp3) is 0.316. The molecule has 1 saturated carbocycles. The van der Waals surface area contributed by atoms with E-state index in [2.05, 4.69) is 16.1 Å². The van der Waals surface area contributed by atoms with Crippen LogP contribution in [-0.2, 0) is 13.2 Å². The van der Waals surface area contributed by atoms with Crippen LogP contribution in [0.5, 0.6) is 0 Å². The van der Waals surface area contributed by atoms with Crippen molar-refractivity contribution in [2.75, 3.05) is 5.32 Å². The zero-order chi connectivity index (χ0) is 20.6. The van der Waals surface area contributed by atoms with Gasteiger partial charge in [-0.05, 0) is 42.5 Å². The van der Waals surface area contributed by atoms with Crippen LogP contribution in [0, 0.1) is 6.92 Å². The maximum atomic E-state index is 13.2. The first kappa shape index (κ1) is 20.5. The van der Waals surface area contributed by atoms with Gasteiger partial charge in [0.25, 0.3) is 5.91 Å². The Morgan fingerprint density at radius 3 is 2.64 bits per heavy atom. The smallest absolute Gasteiger partial charge is 0.322 e. The number of allylic oxidation sites excluding steroid dienone is 1. The Hall–Kier alpha value is -2.21. The molecule has 0 aliphatic heterocycles. The van der Waals surface area contributed by atoms with Gasteiger partial charge >= 0.3 is 6.18 Å². The van der Waals surface area contributed by atoms with Crippen molar-refractivity contribution in [3.63, 3.8) is 0 Å². The quantitative estimate of drug-likeness (QED) is 0.633. The van der Waals surface area contributed by atoms with E-state index in [9.17, 15) is 18.0 Å². The van der Waals surface area contributed by atoms with Gasteiger partial charge < -0.3 is 5.32 Å². The van der Waals surface area contributed by atoms with Crippen molar-refractivity contribution in [2.45, 2.75) is 31.9 Å². The lowest BCUT2D eigenvalue weighted by Crippen LogP contribution is -2.21. The molecule has 9 heteroatoms. The van der Waals surface area contributed by atoms with E-state index in [1.165, 1.54) is 7.05 Å². The third kappa shape index (κ3) is 4.12. The Morgan fingerprint density at radius 1 is 1.36 bits per heavy atom. The molecule has 1 aromatic heterocycles. The van der Waals surface area contributed by atoms with Crippen molar-refractivity contribution in [3.8, 4) is 0 Å². The minimum absolute atomic E-state index is 0.0176. The Bertz CT molecular complexity index is 1000. The molecule has 1 heterocycles. The number of aromatic nitrogens is 2. The fourth-order valence-corrected chi connectivity index (χ4v) is 3.57. The van der Waals surface area contributed by atoms with Crippen molar-refractivity contribution in [1.82, 2.24) is 9.78 Å². The molecule has 1 fully saturated rings. The summed E-state index contributed by atoms with van der Waals surface area (Å²) < 4.78 is 40.5. The molecule has 1 aromatic carbocycles. The number of carbonyl (C=O) groups is 1. The number of benzene rings is 1. The molecule has 0 bridgehead atoms. The minimum Gasteiger partial charge on any atom is -0.322 e. The number of anilines is 1. The molecule has 1 amide bonds. The highest BCUT2D eigenvalue weighted by Crippen LogP contribution is 2.46. The molecule has 1 N–H and O–H groups in total. The lowest BCUT2D eigenvalue weighted by molar-refractivity contribution is -0.141. The van der Waals surface area contributed by atoms with E-state index in [-0.39, 0.29) is 10.4 Å². The van der Waals surface area contributed by atoms with E-state index in [1.54, 1.807) is 12.1 Å². The topological polar surface area (TPSA) is 46.9 Å². The molecule has 1 atom stereocenters. The van der Waals surface area contributed by atoms with E-state index in [0.717, 1.165) is 40.4 Å². The average Bonchev–Trinajstić information content (AvgIpc) is 2.97. The van der Waals surface area contributed by atoms with Gasteiger partial charge in [-0.25, -0.2) is 0 Å². The number of aryl methyl sites for hydroxylation is 2. The van der Waals surface area contributed by atoms with E-state index in [4.69, 9.17) is 23.2 Å². The van der Waals surface area contributed by atoms with Gasteiger partial charge in [0.2, 0.25) is 0 Å². The number of halogens is 5. The van der Waals surface area contributed by atoms with Crippen LogP contribution < -0.4 is 5.32 Å². The third-order valence-electron chi connectivity index (χ3n) is 4.64. The Morgan fingerprint density at radius 2 is 2.07 bits per heavy atom. The van der Waals surface area contributed by atoms with Crippen molar-refractivity contribution in [2.24, 2.45) is 7.05 Å². The van der Waals surface area contributed by atoms with Crippen molar-refractivity contribution in [3.05, 3.63) is 62.6 Å².